The van der Waals surface area contributed by atoms with Crippen LogP contribution in [0, 0.1) is 11.7 Å². The highest BCUT2D eigenvalue weighted by molar-refractivity contribution is 7.88. The molecule has 7 heteroatoms. The summed E-state index contributed by atoms with van der Waals surface area (Å²) in [5.41, 5.74) is 0.562. The average Bonchev–Trinajstić information content (AvgIpc) is 2.89. The fourth-order valence-electron chi connectivity index (χ4n) is 2.82. The number of hydrogen-bond acceptors (Lipinski definition) is 3. The number of fused-ring (bicyclic) bond motifs is 1. The van der Waals surface area contributed by atoms with Gasteiger partial charge in [0.2, 0.25) is 15.9 Å². The molecule has 0 spiro atoms. The molecule has 3 rings (SSSR count). The maximum atomic E-state index is 12.8. The lowest BCUT2D eigenvalue weighted by molar-refractivity contribution is -0.119. The van der Waals surface area contributed by atoms with Crippen molar-refractivity contribution in [1.29, 1.82) is 0 Å². The average molecular weight is 298 g/mol. The van der Waals surface area contributed by atoms with Crippen molar-refractivity contribution in [1.82, 2.24) is 9.62 Å². The number of hydrogen-bond donors (Lipinski definition) is 1. The Balaban J connectivity index is 1.70. The summed E-state index contributed by atoms with van der Waals surface area (Å²) in [4.78, 5) is 11.2. The summed E-state index contributed by atoms with van der Waals surface area (Å²) in [6.45, 7) is 0.715. The highest BCUT2D eigenvalue weighted by Gasteiger charge is 2.43. The predicted octanol–water partition coefficient (Wildman–Crippen LogP) is 0.476. The zero-order valence-electron chi connectivity index (χ0n) is 10.8. The van der Waals surface area contributed by atoms with Gasteiger partial charge in [-0.1, -0.05) is 12.1 Å². The first-order valence-electron chi connectivity index (χ1n) is 6.46. The Hall–Kier alpha value is -1.47. The van der Waals surface area contributed by atoms with E-state index in [9.17, 15) is 17.6 Å². The van der Waals surface area contributed by atoms with E-state index < -0.39 is 10.0 Å². The fourth-order valence-corrected chi connectivity index (χ4v) is 4.42. The third-order valence-electron chi connectivity index (χ3n) is 3.86. The van der Waals surface area contributed by atoms with Crippen LogP contribution in [-0.2, 0) is 20.6 Å². The molecule has 0 bridgehead atoms. The minimum atomic E-state index is -3.43. The summed E-state index contributed by atoms with van der Waals surface area (Å²) in [5.74, 6) is -0.452. The van der Waals surface area contributed by atoms with Gasteiger partial charge < -0.3 is 5.32 Å². The molecule has 2 fully saturated rings. The van der Waals surface area contributed by atoms with Gasteiger partial charge in [0, 0.05) is 31.5 Å². The van der Waals surface area contributed by atoms with E-state index in [1.807, 2.05) is 0 Å². The summed E-state index contributed by atoms with van der Waals surface area (Å²) in [7, 11) is -3.43. The molecule has 0 unspecified atom stereocenters. The second kappa shape index (κ2) is 4.82. The molecular formula is C13H15FN2O3S. The fraction of sp³-hybridized carbons (Fsp3) is 0.462. The lowest BCUT2D eigenvalue weighted by Gasteiger charge is -2.17. The molecule has 1 amide bonds. The van der Waals surface area contributed by atoms with Crippen LogP contribution in [0.1, 0.15) is 12.0 Å². The van der Waals surface area contributed by atoms with Gasteiger partial charge >= 0.3 is 0 Å². The topological polar surface area (TPSA) is 66.5 Å². The number of halogens is 1. The second-order valence-corrected chi connectivity index (χ2v) is 7.31. The van der Waals surface area contributed by atoms with Crippen molar-refractivity contribution in [2.75, 3.05) is 13.1 Å². The van der Waals surface area contributed by atoms with Gasteiger partial charge in [-0.2, -0.15) is 4.31 Å². The molecule has 2 heterocycles. The van der Waals surface area contributed by atoms with Crippen molar-refractivity contribution in [3.63, 3.8) is 0 Å². The summed E-state index contributed by atoms with van der Waals surface area (Å²) < 4.78 is 38.9. The summed E-state index contributed by atoms with van der Waals surface area (Å²) in [6.07, 6.45) is 0.396. The van der Waals surface area contributed by atoms with E-state index in [4.69, 9.17) is 0 Å². The number of nitrogens with zero attached hydrogens (tertiary/aromatic N) is 1. The van der Waals surface area contributed by atoms with Crippen LogP contribution in [0.4, 0.5) is 4.39 Å². The normalized spacial score (nSPS) is 26.6. The number of benzene rings is 1. The number of amides is 1. The molecule has 2 aliphatic rings. The molecule has 2 aliphatic heterocycles. The molecule has 5 nitrogen and oxygen atoms in total. The third kappa shape index (κ3) is 2.55. The van der Waals surface area contributed by atoms with Gasteiger partial charge in [-0.3, -0.25) is 4.79 Å². The van der Waals surface area contributed by atoms with E-state index in [0.717, 1.165) is 0 Å². The first kappa shape index (κ1) is 13.5. The van der Waals surface area contributed by atoms with Crippen LogP contribution < -0.4 is 5.32 Å². The molecule has 2 saturated heterocycles. The van der Waals surface area contributed by atoms with Crippen molar-refractivity contribution in [2.45, 2.75) is 18.2 Å². The van der Waals surface area contributed by atoms with Crippen molar-refractivity contribution in [2.24, 2.45) is 5.92 Å². The van der Waals surface area contributed by atoms with Crippen molar-refractivity contribution in [3.05, 3.63) is 35.6 Å². The van der Waals surface area contributed by atoms with Crippen LogP contribution in [0.2, 0.25) is 0 Å². The number of rotatable bonds is 3. The smallest absolute Gasteiger partial charge is 0.220 e. The predicted molar refractivity (Wildman–Crippen MR) is 70.6 cm³/mol. The first-order valence-corrected chi connectivity index (χ1v) is 8.06. The van der Waals surface area contributed by atoms with Crippen LogP contribution in [0.3, 0.4) is 0 Å². The number of nitrogens with one attached hydrogen (secondary N) is 1. The Bertz CT molecular complexity index is 614. The highest BCUT2D eigenvalue weighted by atomic mass is 32.2. The molecule has 0 saturated carbocycles. The monoisotopic (exact) mass is 298 g/mol. The lowest BCUT2D eigenvalue weighted by Crippen LogP contribution is -2.36. The van der Waals surface area contributed by atoms with Crippen LogP contribution >= 0.6 is 0 Å². The summed E-state index contributed by atoms with van der Waals surface area (Å²) >= 11 is 0. The van der Waals surface area contributed by atoms with E-state index in [2.05, 4.69) is 5.32 Å². The molecule has 0 aromatic heterocycles. The van der Waals surface area contributed by atoms with Gasteiger partial charge in [0.15, 0.2) is 0 Å². The first-order chi connectivity index (χ1) is 9.44. The molecule has 0 radical (unpaired) electrons. The Morgan fingerprint density at radius 2 is 1.95 bits per heavy atom. The van der Waals surface area contributed by atoms with E-state index in [1.165, 1.54) is 28.6 Å². The zero-order chi connectivity index (χ0) is 14.3. The SMILES string of the molecule is O=C1C[C@H]2CN(S(=O)(=O)Cc3ccc(F)cc3)C[C@H]2N1. The molecule has 1 aromatic rings. The van der Waals surface area contributed by atoms with E-state index in [1.54, 1.807) is 0 Å². The molecule has 1 aromatic carbocycles. The summed E-state index contributed by atoms with van der Waals surface area (Å²) in [6, 6.07) is 5.40. The van der Waals surface area contributed by atoms with Crippen LogP contribution in [0.5, 0.6) is 0 Å². The van der Waals surface area contributed by atoms with Crippen molar-refractivity contribution < 1.29 is 17.6 Å². The van der Waals surface area contributed by atoms with Crippen LogP contribution in [-0.4, -0.2) is 37.8 Å². The standard InChI is InChI=1S/C13H15FN2O3S/c14-11-3-1-9(2-4-11)8-20(18,19)16-6-10-5-13(17)15-12(10)7-16/h1-4,10,12H,5-8H2,(H,15,17)/t10-,12+/m0/s1. The third-order valence-corrected chi connectivity index (χ3v) is 5.64. The largest absolute Gasteiger partial charge is 0.352 e. The minimum Gasteiger partial charge on any atom is -0.352 e. The second-order valence-electron chi connectivity index (χ2n) is 5.34. The Labute approximate surface area is 116 Å². The van der Waals surface area contributed by atoms with Crippen molar-refractivity contribution >= 4 is 15.9 Å². The highest BCUT2D eigenvalue weighted by Crippen LogP contribution is 2.28. The van der Waals surface area contributed by atoms with E-state index in [-0.39, 0.29) is 29.4 Å². The molecule has 2 atom stereocenters. The lowest BCUT2D eigenvalue weighted by atomic mass is 10.1. The van der Waals surface area contributed by atoms with E-state index >= 15 is 0 Å². The van der Waals surface area contributed by atoms with Gasteiger partial charge in [-0.25, -0.2) is 12.8 Å². The molecule has 20 heavy (non-hydrogen) atoms. The van der Waals surface area contributed by atoms with E-state index in [0.29, 0.717) is 25.1 Å². The van der Waals surface area contributed by atoms with Gasteiger partial charge in [0.05, 0.1) is 5.75 Å². The van der Waals surface area contributed by atoms with Crippen LogP contribution in [0.15, 0.2) is 24.3 Å². The Kier molecular flexibility index (Phi) is 3.25. The van der Waals surface area contributed by atoms with Gasteiger partial charge in [0.1, 0.15) is 5.82 Å². The quantitative estimate of drug-likeness (QED) is 0.882. The number of carbonyl (C=O) groups is 1. The molecule has 0 aliphatic carbocycles. The summed E-state index contributed by atoms with van der Waals surface area (Å²) in [5, 5.41) is 2.79. The maximum Gasteiger partial charge on any atom is 0.220 e. The number of sulfonamides is 1. The van der Waals surface area contributed by atoms with Gasteiger partial charge in [0.25, 0.3) is 0 Å². The zero-order valence-corrected chi connectivity index (χ0v) is 11.6. The van der Waals surface area contributed by atoms with Crippen molar-refractivity contribution in [3.8, 4) is 0 Å². The molecule has 1 N–H and O–H groups in total. The Morgan fingerprint density at radius 3 is 2.60 bits per heavy atom. The van der Waals surface area contributed by atoms with Crippen LogP contribution in [0.25, 0.3) is 0 Å². The molecule has 108 valence electrons. The van der Waals surface area contributed by atoms with Gasteiger partial charge in [-0.05, 0) is 17.7 Å². The molecular weight excluding hydrogens is 283 g/mol. The minimum absolute atomic E-state index is 0.00409. The number of carbonyl (C=O) groups excluding carboxylic acids is 1. The van der Waals surface area contributed by atoms with Gasteiger partial charge in [-0.15, -0.1) is 0 Å². The Morgan fingerprint density at radius 1 is 1.25 bits per heavy atom. The maximum absolute atomic E-state index is 12.8.